The van der Waals surface area contributed by atoms with Crippen LogP contribution >= 0.6 is 0 Å². The van der Waals surface area contributed by atoms with Gasteiger partial charge in [-0.05, 0) is 24.7 Å². The van der Waals surface area contributed by atoms with Crippen molar-refractivity contribution >= 4 is 11.9 Å². The van der Waals surface area contributed by atoms with Crippen LogP contribution in [0.2, 0.25) is 0 Å². The molecule has 1 N–H and O–H groups in total. The van der Waals surface area contributed by atoms with Crippen molar-refractivity contribution in [2.45, 2.75) is 46.0 Å². The summed E-state index contributed by atoms with van der Waals surface area (Å²) >= 11 is 0. The number of carbonyl (C=O) groups excluding carboxylic acids is 1. The van der Waals surface area contributed by atoms with Crippen molar-refractivity contribution in [2.24, 2.45) is 17.3 Å². The fraction of sp³-hybridized carbons (Fsp3) is 0.857. The smallest absolute Gasteiger partial charge is 0.307 e. The van der Waals surface area contributed by atoms with Crippen molar-refractivity contribution < 1.29 is 14.7 Å². The minimum Gasteiger partial charge on any atom is -0.481 e. The number of nitrogens with zero attached hydrogens (tertiary/aromatic N) is 1. The fourth-order valence-electron chi connectivity index (χ4n) is 3.13. The molecule has 1 saturated carbocycles. The maximum absolute atomic E-state index is 12.1. The van der Waals surface area contributed by atoms with Crippen molar-refractivity contribution in [3.63, 3.8) is 0 Å². The lowest BCUT2D eigenvalue weighted by atomic mass is 9.74. The van der Waals surface area contributed by atoms with Gasteiger partial charge >= 0.3 is 5.97 Å². The Kier molecular flexibility index (Phi) is 3.64. The Bertz CT molecular complexity index is 339. The van der Waals surface area contributed by atoms with Gasteiger partial charge in [0.1, 0.15) is 0 Å². The molecule has 2 unspecified atom stereocenters. The zero-order valence-electron chi connectivity index (χ0n) is 11.3. The highest BCUT2D eigenvalue weighted by Crippen LogP contribution is 2.43. The summed E-state index contributed by atoms with van der Waals surface area (Å²) < 4.78 is 0. The maximum Gasteiger partial charge on any atom is 0.307 e. The minimum absolute atomic E-state index is 0.0724. The molecule has 1 heterocycles. The summed E-state index contributed by atoms with van der Waals surface area (Å²) in [7, 11) is 0. The Balaban J connectivity index is 1.87. The van der Waals surface area contributed by atoms with E-state index in [1.54, 1.807) is 0 Å². The lowest BCUT2D eigenvalue weighted by molar-refractivity contribution is -0.142. The highest BCUT2D eigenvalue weighted by atomic mass is 16.4. The highest BCUT2D eigenvalue weighted by molar-refractivity contribution is 5.89. The Morgan fingerprint density at radius 1 is 1.17 bits per heavy atom. The first-order chi connectivity index (χ1) is 8.53. The molecule has 0 aromatic carbocycles. The van der Waals surface area contributed by atoms with Gasteiger partial charge < -0.3 is 10.0 Å². The molecule has 2 atom stereocenters. The third kappa shape index (κ3) is 2.38. The first-order valence-corrected chi connectivity index (χ1v) is 7.04. The van der Waals surface area contributed by atoms with Crippen molar-refractivity contribution in [2.75, 3.05) is 13.1 Å². The molecule has 102 valence electrons. The van der Waals surface area contributed by atoms with E-state index in [9.17, 15) is 9.59 Å². The Morgan fingerprint density at radius 2 is 1.72 bits per heavy atom. The molecular weight excluding hydrogens is 230 g/mol. The van der Waals surface area contributed by atoms with Gasteiger partial charge in [0.15, 0.2) is 0 Å². The molecule has 1 aliphatic heterocycles. The summed E-state index contributed by atoms with van der Waals surface area (Å²) in [5.74, 6) is -1.40. The summed E-state index contributed by atoms with van der Waals surface area (Å²) in [5.41, 5.74) is 0.409. The van der Waals surface area contributed by atoms with Crippen LogP contribution in [-0.2, 0) is 9.59 Å². The molecule has 4 nitrogen and oxygen atoms in total. The number of likely N-dealkylation sites (tertiary alicyclic amines) is 1. The van der Waals surface area contributed by atoms with Crippen LogP contribution in [0.25, 0.3) is 0 Å². The molecule has 1 amide bonds. The van der Waals surface area contributed by atoms with Crippen LogP contribution in [0.3, 0.4) is 0 Å². The summed E-state index contributed by atoms with van der Waals surface area (Å²) in [6.45, 7) is 6.07. The number of piperidine rings is 1. The third-order valence-electron chi connectivity index (χ3n) is 5.06. The van der Waals surface area contributed by atoms with E-state index in [0.29, 0.717) is 11.8 Å². The zero-order chi connectivity index (χ0) is 13.3. The first-order valence-electron chi connectivity index (χ1n) is 7.04. The first kappa shape index (κ1) is 13.4. The predicted molar refractivity (Wildman–Crippen MR) is 68.1 cm³/mol. The summed E-state index contributed by atoms with van der Waals surface area (Å²) in [4.78, 5) is 24.8. The van der Waals surface area contributed by atoms with E-state index in [2.05, 4.69) is 13.8 Å². The number of carbonyl (C=O) groups is 2. The van der Waals surface area contributed by atoms with E-state index in [1.807, 2.05) is 4.90 Å². The topological polar surface area (TPSA) is 57.6 Å². The molecule has 4 heteroatoms. The number of hydrogen-bond donors (Lipinski definition) is 1. The monoisotopic (exact) mass is 253 g/mol. The summed E-state index contributed by atoms with van der Waals surface area (Å²) in [6.07, 6.45) is 5.02. The number of rotatable bonds is 4. The minimum atomic E-state index is -0.818. The van der Waals surface area contributed by atoms with Crippen LogP contribution in [0.1, 0.15) is 46.0 Å². The van der Waals surface area contributed by atoms with E-state index in [4.69, 9.17) is 5.11 Å². The highest BCUT2D eigenvalue weighted by Gasteiger charge is 2.50. The largest absolute Gasteiger partial charge is 0.481 e. The fourth-order valence-corrected chi connectivity index (χ4v) is 3.13. The molecule has 0 spiro atoms. The van der Waals surface area contributed by atoms with Crippen LogP contribution in [0, 0.1) is 17.3 Å². The second kappa shape index (κ2) is 4.90. The second-order valence-corrected chi connectivity index (χ2v) is 5.82. The third-order valence-corrected chi connectivity index (χ3v) is 5.06. The summed E-state index contributed by atoms with van der Waals surface area (Å²) in [5, 5.41) is 8.86. The van der Waals surface area contributed by atoms with Crippen LogP contribution in [-0.4, -0.2) is 35.0 Å². The molecule has 1 saturated heterocycles. The van der Waals surface area contributed by atoms with E-state index in [0.717, 1.165) is 25.9 Å². The van der Waals surface area contributed by atoms with Gasteiger partial charge in [-0.1, -0.05) is 26.7 Å². The molecule has 2 aliphatic rings. The molecular formula is C14H23NO3. The molecule has 0 bridgehead atoms. The Labute approximate surface area is 108 Å². The number of carboxylic acid groups (broad SMARTS) is 1. The molecule has 2 fully saturated rings. The molecule has 0 radical (unpaired) electrons. The van der Waals surface area contributed by atoms with E-state index < -0.39 is 11.9 Å². The van der Waals surface area contributed by atoms with Crippen molar-refractivity contribution in [3.8, 4) is 0 Å². The van der Waals surface area contributed by atoms with E-state index in [-0.39, 0.29) is 11.8 Å². The molecule has 18 heavy (non-hydrogen) atoms. The lowest BCUT2D eigenvalue weighted by Crippen LogP contribution is -2.43. The van der Waals surface area contributed by atoms with Crippen LogP contribution in [0.4, 0.5) is 0 Å². The van der Waals surface area contributed by atoms with Gasteiger partial charge in [0.25, 0.3) is 0 Å². The lowest BCUT2D eigenvalue weighted by Gasteiger charge is -2.41. The SMILES string of the molecule is CCC1(CC)CCN(C(=O)C2CC2C(=O)O)CC1. The number of carboxylic acids is 1. The average molecular weight is 253 g/mol. The van der Waals surface area contributed by atoms with Gasteiger partial charge in [0, 0.05) is 13.1 Å². The van der Waals surface area contributed by atoms with E-state index in [1.165, 1.54) is 12.8 Å². The second-order valence-electron chi connectivity index (χ2n) is 5.82. The normalized spacial score (nSPS) is 30.0. The van der Waals surface area contributed by atoms with Crippen molar-refractivity contribution in [1.29, 1.82) is 0 Å². The molecule has 0 aromatic rings. The van der Waals surface area contributed by atoms with E-state index >= 15 is 0 Å². The van der Waals surface area contributed by atoms with Crippen molar-refractivity contribution in [3.05, 3.63) is 0 Å². The molecule has 2 rings (SSSR count). The van der Waals surface area contributed by atoms with Gasteiger partial charge in [0.2, 0.25) is 5.91 Å². The number of amides is 1. The van der Waals surface area contributed by atoms with Gasteiger partial charge in [-0.2, -0.15) is 0 Å². The quantitative estimate of drug-likeness (QED) is 0.835. The van der Waals surface area contributed by atoms with Crippen LogP contribution in [0.15, 0.2) is 0 Å². The van der Waals surface area contributed by atoms with Gasteiger partial charge in [-0.3, -0.25) is 9.59 Å². The van der Waals surface area contributed by atoms with Crippen LogP contribution in [0.5, 0.6) is 0 Å². The predicted octanol–water partition coefficient (Wildman–Crippen LogP) is 2.14. The van der Waals surface area contributed by atoms with Gasteiger partial charge in [0.05, 0.1) is 11.8 Å². The van der Waals surface area contributed by atoms with Crippen LogP contribution < -0.4 is 0 Å². The number of aliphatic carboxylic acids is 1. The van der Waals surface area contributed by atoms with Gasteiger partial charge in [-0.15, -0.1) is 0 Å². The van der Waals surface area contributed by atoms with Gasteiger partial charge in [-0.25, -0.2) is 0 Å². The molecule has 1 aliphatic carbocycles. The zero-order valence-corrected chi connectivity index (χ0v) is 11.3. The molecule has 0 aromatic heterocycles. The Hall–Kier alpha value is -1.06. The number of hydrogen-bond acceptors (Lipinski definition) is 2. The summed E-state index contributed by atoms with van der Waals surface area (Å²) in [6, 6.07) is 0. The maximum atomic E-state index is 12.1. The van der Waals surface area contributed by atoms with Crippen molar-refractivity contribution in [1.82, 2.24) is 4.90 Å². The Morgan fingerprint density at radius 3 is 2.11 bits per heavy atom. The average Bonchev–Trinajstić information content (AvgIpc) is 3.18. The standard InChI is InChI=1S/C14H23NO3/c1-3-14(4-2)5-7-15(8-6-14)12(16)10-9-11(10)13(17)18/h10-11H,3-9H2,1-2H3,(H,17,18).